The summed E-state index contributed by atoms with van der Waals surface area (Å²) in [4.78, 5) is 13.4. The SMILES string of the molecule is CC(=O)N1CCC(Oc2ccccc2)(c2ccc(C(F)(F)F)cc2)CC1. The molecule has 1 aliphatic heterocycles. The van der Waals surface area contributed by atoms with Crippen molar-refractivity contribution in [2.24, 2.45) is 0 Å². The molecule has 2 aromatic carbocycles. The first-order valence-corrected chi connectivity index (χ1v) is 8.47. The van der Waals surface area contributed by atoms with E-state index >= 15 is 0 Å². The molecule has 1 heterocycles. The summed E-state index contributed by atoms with van der Waals surface area (Å²) in [6, 6.07) is 14.3. The van der Waals surface area contributed by atoms with E-state index in [4.69, 9.17) is 4.74 Å². The number of carbonyl (C=O) groups excluding carboxylic acids is 1. The molecule has 1 aliphatic rings. The third-order valence-electron chi connectivity index (χ3n) is 4.81. The van der Waals surface area contributed by atoms with Crippen LogP contribution in [0.25, 0.3) is 0 Å². The maximum Gasteiger partial charge on any atom is 0.416 e. The standard InChI is InChI=1S/C20H20F3NO2/c1-15(25)24-13-11-19(12-14-24,26-18-5-3-2-4-6-18)16-7-9-17(10-8-16)20(21,22)23/h2-10H,11-14H2,1H3. The zero-order valence-corrected chi connectivity index (χ0v) is 14.4. The molecule has 0 aromatic heterocycles. The van der Waals surface area contributed by atoms with Crippen LogP contribution < -0.4 is 4.74 Å². The maximum atomic E-state index is 12.9. The fraction of sp³-hybridized carbons (Fsp3) is 0.350. The molecule has 0 spiro atoms. The lowest BCUT2D eigenvalue weighted by Gasteiger charge is -2.42. The number of para-hydroxylation sites is 1. The van der Waals surface area contributed by atoms with Crippen molar-refractivity contribution in [3.05, 3.63) is 65.7 Å². The van der Waals surface area contributed by atoms with Crippen LogP contribution in [-0.4, -0.2) is 23.9 Å². The van der Waals surface area contributed by atoms with Crippen molar-refractivity contribution in [3.8, 4) is 5.75 Å². The maximum absolute atomic E-state index is 12.9. The fourth-order valence-corrected chi connectivity index (χ4v) is 3.31. The molecule has 1 amide bonds. The number of halogens is 3. The van der Waals surface area contributed by atoms with Gasteiger partial charge in [0.25, 0.3) is 0 Å². The number of carbonyl (C=O) groups is 1. The summed E-state index contributed by atoms with van der Waals surface area (Å²) in [5.41, 5.74) is -0.743. The van der Waals surface area contributed by atoms with Gasteiger partial charge in [-0.3, -0.25) is 4.79 Å². The predicted octanol–water partition coefficient (Wildman–Crippen LogP) is 4.62. The zero-order valence-electron chi connectivity index (χ0n) is 14.4. The largest absolute Gasteiger partial charge is 0.482 e. The molecule has 3 rings (SSSR count). The van der Waals surface area contributed by atoms with Gasteiger partial charge < -0.3 is 9.64 Å². The van der Waals surface area contributed by atoms with E-state index in [2.05, 4.69) is 0 Å². The van der Waals surface area contributed by atoms with Crippen molar-refractivity contribution in [3.63, 3.8) is 0 Å². The Bertz CT molecular complexity index is 749. The smallest absolute Gasteiger partial charge is 0.416 e. The van der Waals surface area contributed by atoms with E-state index in [1.54, 1.807) is 4.90 Å². The Kier molecular flexibility index (Phi) is 4.94. The van der Waals surface area contributed by atoms with Gasteiger partial charge in [-0.2, -0.15) is 13.2 Å². The minimum atomic E-state index is -4.37. The van der Waals surface area contributed by atoms with Crippen LogP contribution in [0.2, 0.25) is 0 Å². The number of ether oxygens (including phenoxy) is 1. The van der Waals surface area contributed by atoms with E-state index in [1.165, 1.54) is 19.1 Å². The van der Waals surface area contributed by atoms with Gasteiger partial charge in [0, 0.05) is 32.9 Å². The zero-order chi connectivity index (χ0) is 18.8. The summed E-state index contributed by atoms with van der Waals surface area (Å²) in [6.07, 6.45) is -3.33. The number of likely N-dealkylation sites (tertiary alicyclic amines) is 1. The highest BCUT2D eigenvalue weighted by Gasteiger charge is 2.40. The lowest BCUT2D eigenvalue weighted by molar-refractivity contribution is -0.138. The molecule has 0 unspecified atom stereocenters. The van der Waals surface area contributed by atoms with Gasteiger partial charge in [-0.1, -0.05) is 30.3 Å². The normalized spacial score (nSPS) is 17.0. The minimum absolute atomic E-state index is 0.00858. The number of piperidine rings is 1. The van der Waals surface area contributed by atoms with Gasteiger partial charge in [0.2, 0.25) is 5.91 Å². The molecular formula is C20H20F3NO2. The molecule has 3 nitrogen and oxygen atoms in total. The number of hydrogen-bond donors (Lipinski definition) is 0. The number of alkyl halides is 3. The van der Waals surface area contributed by atoms with Gasteiger partial charge in [-0.15, -0.1) is 0 Å². The second-order valence-corrected chi connectivity index (χ2v) is 6.49. The third kappa shape index (κ3) is 3.84. The summed E-state index contributed by atoms with van der Waals surface area (Å²) in [6.45, 7) is 2.52. The molecule has 6 heteroatoms. The van der Waals surface area contributed by atoms with Crippen LogP contribution in [0.5, 0.6) is 5.75 Å². The number of nitrogens with zero attached hydrogens (tertiary/aromatic N) is 1. The molecule has 138 valence electrons. The van der Waals surface area contributed by atoms with Crippen molar-refractivity contribution in [2.75, 3.05) is 13.1 Å². The predicted molar refractivity (Wildman–Crippen MR) is 91.7 cm³/mol. The molecule has 0 saturated carbocycles. The first kappa shape index (κ1) is 18.3. The third-order valence-corrected chi connectivity index (χ3v) is 4.81. The van der Waals surface area contributed by atoms with Gasteiger partial charge >= 0.3 is 6.18 Å². The van der Waals surface area contributed by atoms with Gasteiger partial charge in [0.15, 0.2) is 0 Å². The molecule has 1 saturated heterocycles. The second kappa shape index (κ2) is 7.02. The van der Waals surface area contributed by atoms with E-state index in [0.29, 0.717) is 37.2 Å². The van der Waals surface area contributed by atoms with E-state index in [-0.39, 0.29) is 5.91 Å². The summed E-state index contributed by atoms with van der Waals surface area (Å²) < 4.78 is 44.9. The molecule has 2 aromatic rings. The Labute approximate surface area is 150 Å². The van der Waals surface area contributed by atoms with Gasteiger partial charge in [-0.05, 0) is 29.8 Å². The molecular weight excluding hydrogens is 343 g/mol. The first-order chi connectivity index (χ1) is 12.3. The Balaban J connectivity index is 1.92. The Morgan fingerprint density at radius 2 is 1.58 bits per heavy atom. The lowest BCUT2D eigenvalue weighted by Crippen LogP contribution is -2.47. The van der Waals surface area contributed by atoms with Crippen LogP contribution in [0, 0.1) is 0 Å². The summed E-state index contributed by atoms with van der Waals surface area (Å²) in [5, 5.41) is 0. The second-order valence-electron chi connectivity index (χ2n) is 6.49. The number of amides is 1. The van der Waals surface area contributed by atoms with Crippen molar-refractivity contribution in [1.29, 1.82) is 0 Å². The fourth-order valence-electron chi connectivity index (χ4n) is 3.31. The van der Waals surface area contributed by atoms with Crippen molar-refractivity contribution >= 4 is 5.91 Å². The van der Waals surface area contributed by atoms with Gasteiger partial charge in [0.05, 0.1) is 5.56 Å². The van der Waals surface area contributed by atoms with Crippen LogP contribution in [0.3, 0.4) is 0 Å². The summed E-state index contributed by atoms with van der Waals surface area (Å²) in [5.74, 6) is 0.648. The number of benzene rings is 2. The number of hydrogen-bond acceptors (Lipinski definition) is 2. The van der Waals surface area contributed by atoms with Crippen molar-refractivity contribution in [1.82, 2.24) is 4.90 Å². The number of rotatable bonds is 3. The molecule has 0 N–H and O–H groups in total. The highest BCUT2D eigenvalue weighted by molar-refractivity contribution is 5.73. The molecule has 0 radical (unpaired) electrons. The average Bonchev–Trinajstić information content (AvgIpc) is 2.62. The Hall–Kier alpha value is -2.50. The van der Waals surface area contributed by atoms with Gasteiger partial charge in [0.1, 0.15) is 11.4 Å². The highest BCUT2D eigenvalue weighted by Crippen LogP contribution is 2.39. The van der Waals surface area contributed by atoms with E-state index in [1.807, 2.05) is 30.3 Å². The monoisotopic (exact) mass is 363 g/mol. The van der Waals surface area contributed by atoms with Crippen LogP contribution in [0.15, 0.2) is 54.6 Å². The molecule has 0 bridgehead atoms. The molecule has 0 atom stereocenters. The average molecular weight is 363 g/mol. The quantitative estimate of drug-likeness (QED) is 0.796. The van der Waals surface area contributed by atoms with E-state index in [0.717, 1.165) is 12.1 Å². The van der Waals surface area contributed by atoms with Gasteiger partial charge in [-0.25, -0.2) is 0 Å². The Morgan fingerprint density at radius 1 is 1.00 bits per heavy atom. The van der Waals surface area contributed by atoms with Crippen LogP contribution in [-0.2, 0) is 16.6 Å². The van der Waals surface area contributed by atoms with E-state index < -0.39 is 17.3 Å². The summed E-state index contributed by atoms with van der Waals surface area (Å²) in [7, 11) is 0. The molecule has 0 aliphatic carbocycles. The van der Waals surface area contributed by atoms with Crippen molar-refractivity contribution < 1.29 is 22.7 Å². The van der Waals surface area contributed by atoms with Crippen LogP contribution in [0.4, 0.5) is 13.2 Å². The van der Waals surface area contributed by atoms with Crippen LogP contribution >= 0.6 is 0 Å². The van der Waals surface area contributed by atoms with Crippen LogP contribution in [0.1, 0.15) is 30.9 Å². The lowest BCUT2D eigenvalue weighted by atomic mass is 9.83. The Morgan fingerprint density at radius 3 is 2.08 bits per heavy atom. The molecule has 26 heavy (non-hydrogen) atoms. The highest BCUT2D eigenvalue weighted by atomic mass is 19.4. The van der Waals surface area contributed by atoms with E-state index in [9.17, 15) is 18.0 Å². The summed E-state index contributed by atoms with van der Waals surface area (Å²) >= 11 is 0. The topological polar surface area (TPSA) is 29.5 Å². The first-order valence-electron chi connectivity index (χ1n) is 8.47. The minimum Gasteiger partial charge on any atom is -0.482 e. The molecule has 1 fully saturated rings. The van der Waals surface area contributed by atoms with Crippen molar-refractivity contribution in [2.45, 2.75) is 31.5 Å².